The van der Waals surface area contributed by atoms with Gasteiger partial charge in [-0.05, 0) is 31.4 Å². The molecule has 0 spiro atoms. The van der Waals surface area contributed by atoms with Crippen LogP contribution >= 0.6 is 0 Å². The molecule has 0 radical (unpaired) electrons. The van der Waals surface area contributed by atoms with E-state index in [4.69, 9.17) is 0 Å². The monoisotopic (exact) mass is 341 g/mol. The Hall–Kier alpha value is -2.83. The Balaban J connectivity index is 1.46. The number of nitrogens with one attached hydrogen (secondary N) is 2. The molecule has 25 heavy (non-hydrogen) atoms. The Kier molecular flexibility index (Phi) is 5.66. The van der Waals surface area contributed by atoms with Crippen LogP contribution in [0.1, 0.15) is 19.3 Å². The van der Waals surface area contributed by atoms with Crippen LogP contribution < -0.4 is 10.6 Å². The predicted octanol–water partition coefficient (Wildman–Crippen LogP) is 2.09. The third kappa shape index (κ3) is 4.59. The van der Waals surface area contributed by atoms with E-state index in [1.165, 1.54) is 0 Å². The molecule has 0 bridgehead atoms. The zero-order valence-corrected chi connectivity index (χ0v) is 14.1. The van der Waals surface area contributed by atoms with E-state index >= 15 is 0 Å². The van der Waals surface area contributed by atoms with Crippen molar-refractivity contribution in [3.05, 3.63) is 49.1 Å². The lowest BCUT2D eigenvalue weighted by Crippen LogP contribution is -2.47. The standard InChI is InChI=1S/C18H23N5O2/c24-17(20-9-5-11-22-13-10-19-14-22)16-8-4-12-23(16)18(25)21-15-6-2-1-3-7-15/h1-3,6-7,10,13-14,16H,4-5,8-9,11-12H2,(H,20,24)(H,21,25). The number of urea groups is 1. The molecule has 0 aliphatic carbocycles. The van der Waals surface area contributed by atoms with E-state index in [0.29, 0.717) is 19.5 Å². The first kappa shape index (κ1) is 17.0. The summed E-state index contributed by atoms with van der Waals surface area (Å²) in [6.45, 7) is 2.00. The maximum Gasteiger partial charge on any atom is 0.322 e. The first-order chi connectivity index (χ1) is 12.2. The fraction of sp³-hybridized carbons (Fsp3) is 0.389. The summed E-state index contributed by atoms with van der Waals surface area (Å²) in [5.74, 6) is -0.0775. The number of likely N-dealkylation sites (tertiary alicyclic amines) is 1. The fourth-order valence-electron chi connectivity index (χ4n) is 3.01. The second-order valence-corrected chi connectivity index (χ2v) is 6.09. The molecule has 7 heteroatoms. The van der Waals surface area contributed by atoms with Crippen molar-refractivity contribution in [1.29, 1.82) is 0 Å². The van der Waals surface area contributed by atoms with E-state index in [-0.39, 0.29) is 11.9 Å². The highest BCUT2D eigenvalue weighted by atomic mass is 16.2. The van der Waals surface area contributed by atoms with Crippen LogP contribution in [-0.2, 0) is 11.3 Å². The molecule has 0 saturated carbocycles. The largest absolute Gasteiger partial charge is 0.354 e. The van der Waals surface area contributed by atoms with Crippen molar-refractivity contribution in [2.75, 3.05) is 18.4 Å². The minimum Gasteiger partial charge on any atom is -0.354 e. The molecule has 7 nitrogen and oxygen atoms in total. The van der Waals surface area contributed by atoms with Crippen molar-refractivity contribution in [1.82, 2.24) is 19.8 Å². The lowest BCUT2D eigenvalue weighted by molar-refractivity contribution is -0.124. The van der Waals surface area contributed by atoms with Crippen molar-refractivity contribution >= 4 is 17.6 Å². The fourth-order valence-corrected chi connectivity index (χ4v) is 3.01. The highest BCUT2D eigenvalue weighted by Gasteiger charge is 2.33. The van der Waals surface area contributed by atoms with Gasteiger partial charge in [0.1, 0.15) is 6.04 Å². The highest BCUT2D eigenvalue weighted by molar-refractivity contribution is 5.94. The molecule has 132 valence electrons. The van der Waals surface area contributed by atoms with Crippen LogP contribution in [0.2, 0.25) is 0 Å². The smallest absolute Gasteiger partial charge is 0.322 e. The number of nitrogens with zero attached hydrogens (tertiary/aromatic N) is 3. The summed E-state index contributed by atoms with van der Waals surface area (Å²) >= 11 is 0. The molecule has 1 unspecified atom stereocenters. The van der Waals surface area contributed by atoms with Gasteiger partial charge >= 0.3 is 6.03 Å². The van der Waals surface area contributed by atoms with Crippen LogP contribution in [0.5, 0.6) is 0 Å². The number of imidazole rings is 1. The maximum absolute atomic E-state index is 12.4. The summed E-state index contributed by atoms with van der Waals surface area (Å²) in [5.41, 5.74) is 0.735. The maximum atomic E-state index is 12.4. The summed E-state index contributed by atoms with van der Waals surface area (Å²) < 4.78 is 1.97. The molecule has 1 aromatic heterocycles. The van der Waals surface area contributed by atoms with E-state index in [2.05, 4.69) is 15.6 Å². The number of hydrogen-bond donors (Lipinski definition) is 2. The van der Waals surface area contributed by atoms with Gasteiger partial charge in [-0.3, -0.25) is 4.79 Å². The molecular weight excluding hydrogens is 318 g/mol. The number of para-hydroxylation sites is 1. The van der Waals surface area contributed by atoms with Crippen molar-refractivity contribution < 1.29 is 9.59 Å². The van der Waals surface area contributed by atoms with E-state index in [0.717, 1.165) is 25.1 Å². The Morgan fingerprint density at radius 1 is 1.24 bits per heavy atom. The number of rotatable bonds is 6. The van der Waals surface area contributed by atoms with Gasteiger partial charge in [0.25, 0.3) is 0 Å². The topological polar surface area (TPSA) is 79.3 Å². The molecule has 2 heterocycles. The molecule has 1 fully saturated rings. The van der Waals surface area contributed by atoms with Gasteiger partial charge in [0, 0.05) is 37.7 Å². The third-order valence-corrected chi connectivity index (χ3v) is 4.29. The summed E-state index contributed by atoms with van der Waals surface area (Å²) in [6.07, 6.45) is 7.76. The number of amides is 3. The number of aromatic nitrogens is 2. The van der Waals surface area contributed by atoms with Gasteiger partial charge in [-0.25, -0.2) is 9.78 Å². The van der Waals surface area contributed by atoms with Gasteiger partial charge in [0.05, 0.1) is 6.33 Å². The molecular formula is C18H23N5O2. The number of aryl methyl sites for hydroxylation is 1. The van der Waals surface area contributed by atoms with Gasteiger partial charge in [-0.15, -0.1) is 0 Å². The average Bonchev–Trinajstić information content (AvgIpc) is 3.31. The summed E-state index contributed by atoms with van der Waals surface area (Å²) in [7, 11) is 0. The van der Waals surface area contributed by atoms with Gasteiger partial charge in [-0.2, -0.15) is 0 Å². The summed E-state index contributed by atoms with van der Waals surface area (Å²) in [6, 6.07) is 8.68. The molecule has 3 rings (SSSR count). The average molecular weight is 341 g/mol. The lowest BCUT2D eigenvalue weighted by Gasteiger charge is -2.24. The zero-order valence-electron chi connectivity index (χ0n) is 14.1. The molecule has 1 atom stereocenters. The van der Waals surface area contributed by atoms with Crippen molar-refractivity contribution in [3.8, 4) is 0 Å². The number of carbonyl (C=O) groups excluding carboxylic acids is 2. The second kappa shape index (κ2) is 8.32. The highest BCUT2D eigenvalue weighted by Crippen LogP contribution is 2.19. The van der Waals surface area contributed by atoms with E-state index in [9.17, 15) is 9.59 Å². The SMILES string of the molecule is O=C(NCCCn1ccnc1)C1CCCN1C(=O)Nc1ccccc1. The zero-order chi connectivity index (χ0) is 17.5. The van der Waals surface area contributed by atoms with Crippen molar-refractivity contribution in [2.45, 2.75) is 31.8 Å². The molecule has 1 saturated heterocycles. The van der Waals surface area contributed by atoms with Gasteiger partial charge < -0.3 is 20.1 Å². The van der Waals surface area contributed by atoms with Crippen LogP contribution in [0.15, 0.2) is 49.1 Å². The van der Waals surface area contributed by atoms with Crippen LogP contribution in [0.4, 0.5) is 10.5 Å². The van der Waals surface area contributed by atoms with E-state index in [1.807, 2.05) is 41.1 Å². The number of hydrogen-bond acceptors (Lipinski definition) is 3. The van der Waals surface area contributed by atoms with Gasteiger partial charge in [0.2, 0.25) is 5.91 Å². The number of anilines is 1. The minimum absolute atomic E-state index is 0.0775. The molecule has 2 aromatic rings. The molecule has 1 aromatic carbocycles. The first-order valence-corrected chi connectivity index (χ1v) is 8.60. The quantitative estimate of drug-likeness (QED) is 0.790. The minimum atomic E-state index is -0.392. The number of benzene rings is 1. The van der Waals surface area contributed by atoms with Crippen LogP contribution in [0, 0.1) is 0 Å². The number of carbonyl (C=O) groups is 2. The predicted molar refractivity (Wildman–Crippen MR) is 95.0 cm³/mol. The molecule has 1 aliphatic rings. The van der Waals surface area contributed by atoms with Crippen LogP contribution in [0.25, 0.3) is 0 Å². The molecule has 3 amide bonds. The Labute approximate surface area is 147 Å². The lowest BCUT2D eigenvalue weighted by atomic mass is 10.2. The van der Waals surface area contributed by atoms with Gasteiger partial charge in [-0.1, -0.05) is 18.2 Å². The van der Waals surface area contributed by atoms with E-state index in [1.54, 1.807) is 17.4 Å². The van der Waals surface area contributed by atoms with E-state index < -0.39 is 6.04 Å². The summed E-state index contributed by atoms with van der Waals surface area (Å²) in [4.78, 5) is 30.5. The van der Waals surface area contributed by atoms with Crippen molar-refractivity contribution in [2.24, 2.45) is 0 Å². The third-order valence-electron chi connectivity index (χ3n) is 4.29. The summed E-state index contributed by atoms with van der Waals surface area (Å²) in [5, 5.41) is 5.79. The van der Waals surface area contributed by atoms with Crippen LogP contribution in [0.3, 0.4) is 0 Å². The Morgan fingerprint density at radius 2 is 2.08 bits per heavy atom. The Morgan fingerprint density at radius 3 is 2.84 bits per heavy atom. The first-order valence-electron chi connectivity index (χ1n) is 8.60. The normalized spacial score (nSPS) is 16.6. The Bertz CT molecular complexity index is 687. The molecule has 2 N–H and O–H groups in total. The molecule has 1 aliphatic heterocycles. The van der Waals surface area contributed by atoms with Crippen molar-refractivity contribution in [3.63, 3.8) is 0 Å². The van der Waals surface area contributed by atoms with Crippen LogP contribution in [-0.4, -0.2) is 45.5 Å². The second-order valence-electron chi connectivity index (χ2n) is 6.09. The van der Waals surface area contributed by atoms with Gasteiger partial charge in [0.15, 0.2) is 0 Å².